The van der Waals surface area contributed by atoms with Gasteiger partial charge in [0, 0.05) is 6.20 Å². The summed E-state index contributed by atoms with van der Waals surface area (Å²) < 4.78 is 7.05. The lowest BCUT2D eigenvalue weighted by molar-refractivity contribution is 0.0829. The van der Waals surface area contributed by atoms with Gasteiger partial charge in [-0.05, 0) is 37.4 Å². The SMILES string of the molecule is CCN(CC)Cc1ccc(C(=O)NNC(=O)c2cnn(-c3ccccc3Cl)c2)o1. The number of benzene rings is 1. The molecule has 0 radical (unpaired) electrons. The minimum absolute atomic E-state index is 0.124. The van der Waals surface area contributed by atoms with Crippen molar-refractivity contribution in [2.75, 3.05) is 13.1 Å². The first kappa shape index (κ1) is 20.6. The lowest BCUT2D eigenvalue weighted by Gasteiger charge is -2.15. The average Bonchev–Trinajstić information content (AvgIpc) is 3.40. The largest absolute Gasteiger partial charge is 0.454 e. The predicted octanol–water partition coefficient (Wildman–Crippen LogP) is 3.04. The normalized spacial score (nSPS) is 10.9. The number of nitrogens with one attached hydrogen (secondary N) is 2. The number of aromatic nitrogens is 2. The number of carbonyl (C=O) groups excluding carboxylic acids is 2. The number of furan rings is 1. The molecule has 0 bridgehead atoms. The van der Waals surface area contributed by atoms with Gasteiger partial charge in [0.2, 0.25) is 0 Å². The Hall–Kier alpha value is -3.10. The molecule has 3 aromatic rings. The van der Waals surface area contributed by atoms with Crippen molar-refractivity contribution in [3.63, 3.8) is 0 Å². The molecule has 0 atom stereocenters. The van der Waals surface area contributed by atoms with E-state index in [1.807, 2.05) is 6.07 Å². The van der Waals surface area contributed by atoms with Crippen LogP contribution >= 0.6 is 11.6 Å². The maximum absolute atomic E-state index is 12.3. The van der Waals surface area contributed by atoms with Crippen molar-refractivity contribution in [1.29, 1.82) is 0 Å². The second-order valence-electron chi connectivity index (χ2n) is 6.26. The van der Waals surface area contributed by atoms with E-state index in [-0.39, 0.29) is 11.3 Å². The van der Waals surface area contributed by atoms with Crippen LogP contribution in [0.1, 0.15) is 40.5 Å². The maximum Gasteiger partial charge on any atom is 0.305 e. The van der Waals surface area contributed by atoms with E-state index in [1.54, 1.807) is 30.3 Å². The first-order valence-electron chi connectivity index (χ1n) is 9.23. The fraction of sp³-hybridized carbons (Fsp3) is 0.250. The molecule has 0 aliphatic carbocycles. The van der Waals surface area contributed by atoms with Gasteiger partial charge in [-0.15, -0.1) is 0 Å². The van der Waals surface area contributed by atoms with Gasteiger partial charge in [0.1, 0.15) is 5.76 Å². The molecule has 2 amide bonds. The summed E-state index contributed by atoms with van der Waals surface area (Å²) in [6, 6.07) is 10.5. The quantitative estimate of drug-likeness (QED) is 0.578. The number of hydrogen-bond acceptors (Lipinski definition) is 5. The third kappa shape index (κ3) is 5.04. The van der Waals surface area contributed by atoms with Crippen LogP contribution in [0.4, 0.5) is 0 Å². The first-order valence-corrected chi connectivity index (χ1v) is 9.61. The number of amides is 2. The molecule has 0 unspecified atom stereocenters. The first-order chi connectivity index (χ1) is 14.0. The number of hydrogen-bond donors (Lipinski definition) is 2. The van der Waals surface area contributed by atoms with Gasteiger partial charge in [-0.25, -0.2) is 4.68 Å². The standard InChI is InChI=1S/C20H22ClN5O3/c1-3-25(4-2)13-15-9-10-18(29-15)20(28)24-23-19(27)14-11-22-26(12-14)17-8-6-5-7-16(17)21/h5-12H,3-4,13H2,1-2H3,(H,23,27)(H,24,28). The van der Waals surface area contributed by atoms with Crippen molar-refractivity contribution in [2.24, 2.45) is 0 Å². The van der Waals surface area contributed by atoms with Crippen LogP contribution in [0.25, 0.3) is 5.69 Å². The highest BCUT2D eigenvalue weighted by molar-refractivity contribution is 6.32. The molecule has 2 heterocycles. The lowest BCUT2D eigenvalue weighted by Crippen LogP contribution is -2.41. The molecule has 0 spiro atoms. The Bertz CT molecular complexity index is 993. The van der Waals surface area contributed by atoms with E-state index in [0.717, 1.165) is 13.1 Å². The summed E-state index contributed by atoms with van der Waals surface area (Å²) in [6.45, 7) is 6.51. The molecule has 2 N–H and O–H groups in total. The molecule has 8 nitrogen and oxygen atoms in total. The third-order valence-electron chi connectivity index (χ3n) is 4.39. The van der Waals surface area contributed by atoms with E-state index >= 15 is 0 Å². The topological polar surface area (TPSA) is 92.4 Å². The number of halogens is 1. The molecule has 3 rings (SSSR count). The minimum atomic E-state index is -0.539. The Morgan fingerprint density at radius 3 is 2.55 bits per heavy atom. The number of carbonyl (C=O) groups is 2. The highest BCUT2D eigenvalue weighted by atomic mass is 35.5. The zero-order valence-electron chi connectivity index (χ0n) is 16.2. The van der Waals surface area contributed by atoms with Gasteiger partial charge >= 0.3 is 5.91 Å². The van der Waals surface area contributed by atoms with E-state index in [1.165, 1.54) is 17.1 Å². The van der Waals surface area contributed by atoms with Gasteiger partial charge in [-0.3, -0.25) is 25.3 Å². The van der Waals surface area contributed by atoms with E-state index in [9.17, 15) is 9.59 Å². The minimum Gasteiger partial charge on any atom is -0.454 e. The molecule has 0 saturated heterocycles. The van der Waals surface area contributed by atoms with Crippen molar-refractivity contribution < 1.29 is 14.0 Å². The van der Waals surface area contributed by atoms with Crippen molar-refractivity contribution in [3.8, 4) is 5.69 Å². The van der Waals surface area contributed by atoms with Crippen LogP contribution < -0.4 is 10.9 Å². The molecule has 0 fully saturated rings. The van der Waals surface area contributed by atoms with Crippen LogP contribution in [0, 0.1) is 0 Å². The van der Waals surface area contributed by atoms with Crippen molar-refractivity contribution >= 4 is 23.4 Å². The second-order valence-corrected chi connectivity index (χ2v) is 6.67. The molecule has 0 aliphatic heterocycles. The molecule has 0 aliphatic rings. The van der Waals surface area contributed by atoms with Crippen LogP contribution in [0.3, 0.4) is 0 Å². The summed E-state index contributed by atoms with van der Waals surface area (Å²) in [4.78, 5) is 26.7. The highest BCUT2D eigenvalue weighted by Crippen LogP contribution is 2.19. The van der Waals surface area contributed by atoms with Gasteiger partial charge < -0.3 is 4.42 Å². The molecule has 1 aromatic carbocycles. The van der Waals surface area contributed by atoms with Crippen LogP contribution in [-0.2, 0) is 6.54 Å². The molecular weight excluding hydrogens is 394 g/mol. The molecule has 9 heteroatoms. The summed E-state index contributed by atoms with van der Waals surface area (Å²) in [5, 5.41) is 4.64. The summed E-state index contributed by atoms with van der Waals surface area (Å²) >= 11 is 6.14. The van der Waals surface area contributed by atoms with E-state index in [4.69, 9.17) is 16.0 Å². The average molecular weight is 416 g/mol. The molecular formula is C20H22ClN5O3. The van der Waals surface area contributed by atoms with Crippen LogP contribution in [-0.4, -0.2) is 39.6 Å². The zero-order chi connectivity index (χ0) is 20.8. The molecule has 152 valence electrons. The van der Waals surface area contributed by atoms with E-state index in [2.05, 4.69) is 34.7 Å². The van der Waals surface area contributed by atoms with Gasteiger partial charge in [0.05, 0.1) is 29.0 Å². The Balaban J connectivity index is 1.58. The predicted molar refractivity (Wildman–Crippen MR) is 109 cm³/mol. The van der Waals surface area contributed by atoms with Crippen molar-refractivity contribution in [2.45, 2.75) is 20.4 Å². The Kier molecular flexibility index (Phi) is 6.69. The second kappa shape index (κ2) is 9.40. The Labute approximate surface area is 173 Å². The fourth-order valence-corrected chi connectivity index (χ4v) is 2.93. The van der Waals surface area contributed by atoms with E-state index < -0.39 is 11.8 Å². The molecule has 2 aromatic heterocycles. The molecule has 0 saturated carbocycles. The monoisotopic (exact) mass is 415 g/mol. The van der Waals surface area contributed by atoms with E-state index in [0.29, 0.717) is 23.0 Å². The lowest BCUT2D eigenvalue weighted by atomic mass is 10.3. The summed E-state index contributed by atoms with van der Waals surface area (Å²) in [5.41, 5.74) is 5.61. The highest BCUT2D eigenvalue weighted by Gasteiger charge is 2.15. The number of rotatable bonds is 7. The maximum atomic E-state index is 12.3. The van der Waals surface area contributed by atoms with Crippen LogP contribution in [0.5, 0.6) is 0 Å². The van der Waals surface area contributed by atoms with Gasteiger partial charge in [-0.2, -0.15) is 5.10 Å². The van der Waals surface area contributed by atoms with Crippen LogP contribution in [0.15, 0.2) is 53.2 Å². The van der Waals surface area contributed by atoms with Crippen molar-refractivity contribution in [3.05, 3.63) is 70.9 Å². The third-order valence-corrected chi connectivity index (χ3v) is 4.71. The zero-order valence-corrected chi connectivity index (χ0v) is 16.9. The van der Waals surface area contributed by atoms with Gasteiger partial charge in [-0.1, -0.05) is 37.6 Å². The molecule has 29 heavy (non-hydrogen) atoms. The number of nitrogens with zero attached hydrogens (tertiary/aromatic N) is 3. The Morgan fingerprint density at radius 1 is 1.10 bits per heavy atom. The van der Waals surface area contributed by atoms with Gasteiger partial charge in [0.25, 0.3) is 5.91 Å². The smallest absolute Gasteiger partial charge is 0.305 e. The Morgan fingerprint density at radius 2 is 1.83 bits per heavy atom. The summed E-state index contributed by atoms with van der Waals surface area (Å²) in [6.07, 6.45) is 2.91. The summed E-state index contributed by atoms with van der Waals surface area (Å²) in [7, 11) is 0. The fourth-order valence-electron chi connectivity index (χ4n) is 2.71. The van der Waals surface area contributed by atoms with Crippen molar-refractivity contribution in [1.82, 2.24) is 25.5 Å². The summed E-state index contributed by atoms with van der Waals surface area (Å²) in [5.74, 6) is -0.236. The van der Waals surface area contributed by atoms with Crippen LogP contribution in [0.2, 0.25) is 5.02 Å². The van der Waals surface area contributed by atoms with Gasteiger partial charge in [0.15, 0.2) is 5.76 Å². The number of hydrazine groups is 1. The number of para-hydroxylation sites is 1.